The lowest BCUT2D eigenvalue weighted by Gasteiger charge is -2.18. The smallest absolute Gasteiger partial charge is 0.255 e. The van der Waals surface area contributed by atoms with Gasteiger partial charge in [-0.2, -0.15) is 0 Å². The third-order valence-electron chi connectivity index (χ3n) is 2.39. The fourth-order valence-electron chi connectivity index (χ4n) is 1.70. The van der Waals surface area contributed by atoms with Crippen LogP contribution in [0.1, 0.15) is 13.8 Å². The first-order chi connectivity index (χ1) is 8.08. The monoisotopic (exact) mass is 229 g/mol. The van der Waals surface area contributed by atoms with Crippen molar-refractivity contribution < 1.29 is 9.53 Å². The van der Waals surface area contributed by atoms with Crippen molar-refractivity contribution >= 4 is 11.6 Å². The normalized spacial score (nSPS) is 14.9. The summed E-state index contributed by atoms with van der Waals surface area (Å²) >= 11 is 0. The van der Waals surface area contributed by atoms with Crippen molar-refractivity contribution in [3.05, 3.63) is 48.7 Å². The van der Waals surface area contributed by atoms with Crippen LogP contribution in [0.3, 0.4) is 0 Å². The van der Waals surface area contributed by atoms with Crippen LogP contribution >= 0.6 is 0 Å². The van der Waals surface area contributed by atoms with Crippen LogP contribution in [0.2, 0.25) is 0 Å². The van der Waals surface area contributed by atoms with E-state index in [1.54, 1.807) is 11.0 Å². The van der Waals surface area contributed by atoms with Gasteiger partial charge in [-0.15, -0.1) is 0 Å². The molecule has 17 heavy (non-hydrogen) atoms. The predicted molar refractivity (Wildman–Crippen MR) is 68.0 cm³/mol. The second-order valence-electron chi connectivity index (χ2n) is 4.16. The fraction of sp³-hybridized carbons (Fsp3) is 0.214. The average Bonchev–Trinajstić information content (AvgIpc) is 2.59. The van der Waals surface area contributed by atoms with Crippen LogP contribution in [0, 0.1) is 0 Å². The van der Waals surface area contributed by atoms with E-state index in [0.717, 1.165) is 11.4 Å². The van der Waals surface area contributed by atoms with Gasteiger partial charge in [0.1, 0.15) is 5.75 Å². The Bertz CT molecular complexity index is 454. The maximum atomic E-state index is 11.6. The van der Waals surface area contributed by atoms with E-state index in [9.17, 15) is 4.79 Å². The van der Waals surface area contributed by atoms with Gasteiger partial charge in [0.05, 0.1) is 6.10 Å². The molecule has 1 aromatic rings. The molecule has 0 unspecified atom stereocenters. The second kappa shape index (κ2) is 4.45. The highest BCUT2D eigenvalue weighted by atomic mass is 16.5. The molecule has 1 aromatic carbocycles. The summed E-state index contributed by atoms with van der Waals surface area (Å²) in [5.74, 6) is 0.737. The Labute approximate surface area is 101 Å². The molecule has 0 saturated carbocycles. The van der Waals surface area contributed by atoms with Gasteiger partial charge in [-0.1, -0.05) is 6.58 Å². The van der Waals surface area contributed by atoms with Gasteiger partial charge in [0.2, 0.25) is 0 Å². The van der Waals surface area contributed by atoms with Gasteiger partial charge < -0.3 is 4.74 Å². The minimum atomic E-state index is -0.0625. The second-order valence-corrected chi connectivity index (χ2v) is 4.16. The van der Waals surface area contributed by atoms with Crippen LogP contribution < -0.4 is 9.64 Å². The number of carbonyl (C=O) groups excluding carboxylic acids is 1. The number of benzene rings is 1. The van der Waals surface area contributed by atoms with Crippen LogP contribution in [0.25, 0.3) is 0 Å². The fourth-order valence-corrected chi connectivity index (χ4v) is 1.70. The molecule has 88 valence electrons. The highest BCUT2D eigenvalue weighted by Crippen LogP contribution is 2.26. The summed E-state index contributed by atoms with van der Waals surface area (Å²) in [6.45, 7) is 7.77. The van der Waals surface area contributed by atoms with Gasteiger partial charge in [0.15, 0.2) is 0 Å². The Morgan fingerprint density at radius 3 is 2.29 bits per heavy atom. The van der Waals surface area contributed by atoms with Crippen molar-refractivity contribution in [3.63, 3.8) is 0 Å². The van der Waals surface area contributed by atoms with E-state index >= 15 is 0 Å². The van der Waals surface area contributed by atoms with Crippen LogP contribution in [-0.4, -0.2) is 12.0 Å². The Hall–Kier alpha value is -2.03. The van der Waals surface area contributed by atoms with Crippen molar-refractivity contribution in [2.24, 2.45) is 0 Å². The number of anilines is 1. The molecule has 1 heterocycles. The van der Waals surface area contributed by atoms with Crippen LogP contribution in [0.5, 0.6) is 5.75 Å². The van der Waals surface area contributed by atoms with E-state index in [2.05, 4.69) is 6.58 Å². The molecule has 1 amide bonds. The summed E-state index contributed by atoms with van der Waals surface area (Å²) in [5.41, 5.74) is 1.49. The molecule has 0 spiro atoms. The van der Waals surface area contributed by atoms with Crippen LogP contribution in [0.4, 0.5) is 5.69 Å². The summed E-state index contributed by atoms with van der Waals surface area (Å²) < 4.78 is 5.54. The predicted octanol–water partition coefficient (Wildman–Crippen LogP) is 2.89. The van der Waals surface area contributed by atoms with Crippen molar-refractivity contribution in [1.82, 2.24) is 0 Å². The molecule has 0 bridgehead atoms. The number of ether oxygens (including phenoxy) is 1. The van der Waals surface area contributed by atoms with E-state index in [-0.39, 0.29) is 12.0 Å². The number of nitrogens with zero attached hydrogens (tertiary/aromatic N) is 1. The quantitative estimate of drug-likeness (QED) is 0.797. The number of allylic oxidation sites excluding steroid dienone is 1. The van der Waals surface area contributed by atoms with Gasteiger partial charge in [-0.3, -0.25) is 9.69 Å². The molecule has 0 radical (unpaired) electrons. The maximum Gasteiger partial charge on any atom is 0.255 e. The molecular weight excluding hydrogens is 214 g/mol. The summed E-state index contributed by atoms with van der Waals surface area (Å²) in [7, 11) is 0. The highest BCUT2D eigenvalue weighted by Gasteiger charge is 2.20. The Morgan fingerprint density at radius 1 is 1.18 bits per heavy atom. The molecule has 0 fully saturated rings. The number of hydrogen-bond donors (Lipinski definition) is 0. The molecular formula is C14H15NO2. The summed E-state index contributed by atoms with van der Waals surface area (Å²) in [6, 6.07) is 7.42. The Morgan fingerprint density at radius 2 is 1.82 bits per heavy atom. The zero-order valence-corrected chi connectivity index (χ0v) is 10.0. The maximum absolute atomic E-state index is 11.6. The lowest BCUT2D eigenvalue weighted by Crippen LogP contribution is -2.22. The molecule has 2 rings (SSSR count). The van der Waals surface area contributed by atoms with Gasteiger partial charge in [0.25, 0.3) is 5.91 Å². The number of amides is 1. The minimum absolute atomic E-state index is 0.0625. The van der Waals surface area contributed by atoms with Crippen LogP contribution in [-0.2, 0) is 4.79 Å². The molecule has 0 atom stereocenters. The molecule has 1 aliphatic rings. The number of hydrogen-bond acceptors (Lipinski definition) is 2. The van der Waals surface area contributed by atoms with E-state index in [1.807, 2.05) is 38.1 Å². The van der Waals surface area contributed by atoms with E-state index in [4.69, 9.17) is 4.74 Å². The molecule has 0 N–H and O–H groups in total. The van der Waals surface area contributed by atoms with E-state index in [1.165, 1.54) is 6.08 Å². The lowest BCUT2D eigenvalue weighted by molar-refractivity contribution is -0.113. The lowest BCUT2D eigenvalue weighted by atomic mass is 10.2. The molecule has 0 aliphatic carbocycles. The summed E-state index contributed by atoms with van der Waals surface area (Å²) in [4.78, 5) is 13.2. The van der Waals surface area contributed by atoms with Crippen molar-refractivity contribution in [2.75, 3.05) is 4.90 Å². The minimum Gasteiger partial charge on any atom is -0.491 e. The molecule has 1 aliphatic heterocycles. The van der Waals surface area contributed by atoms with E-state index in [0.29, 0.717) is 5.70 Å². The first-order valence-electron chi connectivity index (χ1n) is 5.56. The van der Waals surface area contributed by atoms with Crippen molar-refractivity contribution in [2.45, 2.75) is 20.0 Å². The van der Waals surface area contributed by atoms with E-state index < -0.39 is 0 Å². The molecule has 3 heteroatoms. The summed E-state index contributed by atoms with van der Waals surface area (Å²) in [6.07, 6.45) is 3.37. The standard InChI is InChI=1S/C14H15NO2/c1-10(2)17-13-7-5-12(6-8-13)15-11(3)4-9-14(15)16/h4-10H,3H2,1-2H3. The molecule has 0 aromatic heterocycles. The average molecular weight is 229 g/mol. The van der Waals surface area contributed by atoms with Gasteiger partial charge in [0, 0.05) is 17.5 Å². The number of rotatable bonds is 3. The highest BCUT2D eigenvalue weighted by molar-refractivity contribution is 6.07. The SMILES string of the molecule is C=C1C=CC(=O)N1c1ccc(OC(C)C)cc1. The Kier molecular flexibility index (Phi) is 3.00. The van der Waals surface area contributed by atoms with Gasteiger partial charge >= 0.3 is 0 Å². The van der Waals surface area contributed by atoms with Gasteiger partial charge in [-0.05, 0) is 44.2 Å². The first-order valence-corrected chi connectivity index (χ1v) is 5.56. The summed E-state index contributed by atoms with van der Waals surface area (Å²) in [5, 5.41) is 0. The Balaban J connectivity index is 2.18. The first kappa shape index (κ1) is 11.5. The molecule has 3 nitrogen and oxygen atoms in total. The van der Waals surface area contributed by atoms with Crippen LogP contribution in [0.15, 0.2) is 48.7 Å². The zero-order valence-electron chi connectivity index (χ0n) is 10.0. The van der Waals surface area contributed by atoms with Crippen molar-refractivity contribution in [1.29, 1.82) is 0 Å². The third kappa shape index (κ3) is 2.38. The topological polar surface area (TPSA) is 29.5 Å². The van der Waals surface area contributed by atoms with Gasteiger partial charge in [-0.25, -0.2) is 0 Å². The van der Waals surface area contributed by atoms with Crippen molar-refractivity contribution in [3.8, 4) is 5.75 Å². The molecule has 0 saturated heterocycles. The largest absolute Gasteiger partial charge is 0.491 e. The zero-order chi connectivity index (χ0) is 12.4. The third-order valence-corrected chi connectivity index (χ3v) is 2.39. The number of carbonyl (C=O) groups is 1.